The molecule has 37 heavy (non-hydrogen) atoms. The molecule has 9 nitrogen and oxygen atoms in total. The molecule has 14 heteroatoms. The van der Waals surface area contributed by atoms with Crippen LogP contribution < -0.4 is 14.4 Å². The molecule has 0 bridgehead atoms. The summed E-state index contributed by atoms with van der Waals surface area (Å²) in [7, 11) is -1.90. The van der Waals surface area contributed by atoms with Crippen LogP contribution in [0.1, 0.15) is 25.0 Å². The van der Waals surface area contributed by atoms with Gasteiger partial charge in [0.05, 0.1) is 12.6 Å². The van der Waals surface area contributed by atoms with E-state index in [0.29, 0.717) is 30.0 Å². The lowest BCUT2D eigenvalue weighted by molar-refractivity contribution is 0.206. The number of aromatic nitrogens is 1. The summed E-state index contributed by atoms with van der Waals surface area (Å²) in [5, 5.41) is 13.2. The number of rotatable bonds is 10. The molecule has 0 fully saturated rings. The smallest absolute Gasteiger partial charge is 0.427 e. The highest BCUT2D eigenvalue weighted by atomic mass is 32.2. The van der Waals surface area contributed by atoms with Gasteiger partial charge in [-0.25, -0.2) is 31.4 Å². The maximum absolute atomic E-state index is 14.9. The standard InChI is InChI=1S/C23H25F3N4O5S2/c1-13(2)29(3)10-16-15(17(24)5-6-20(16)35-4)9-27-14-7-18(25)22(19(26)8-14)37(33,34)30(23(31)32)21-11-36-12-28-21/h5-8,11-13,27H,9-10H2,1-4H3,(H,31,32). The Hall–Kier alpha value is -3.36. The van der Waals surface area contributed by atoms with E-state index in [1.807, 2.05) is 25.8 Å². The fourth-order valence-electron chi connectivity index (χ4n) is 3.45. The van der Waals surface area contributed by atoms with Crippen molar-refractivity contribution in [1.29, 1.82) is 0 Å². The second kappa shape index (κ2) is 11.4. The van der Waals surface area contributed by atoms with Crippen molar-refractivity contribution in [2.75, 3.05) is 23.8 Å². The zero-order chi connectivity index (χ0) is 27.5. The number of halogens is 3. The van der Waals surface area contributed by atoms with Gasteiger partial charge in [-0.05, 0) is 45.2 Å². The van der Waals surface area contributed by atoms with Crippen molar-refractivity contribution in [2.45, 2.75) is 37.9 Å². The van der Waals surface area contributed by atoms with Crippen LogP contribution in [-0.2, 0) is 23.1 Å². The highest BCUT2D eigenvalue weighted by Gasteiger charge is 2.37. The van der Waals surface area contributed by atoms with Crippen molar-refractivity contribution >= 4 is 39.0 Å². The molecule has 0 saturated heterocycles. The van der Waals surface area contributed by atoms with E-state index in [-0.39, 0.29) is 28.1 Å². The van der Waals surface area contributed by atoms with Crippen LogP contribution in [0.3, 0.4) is 0 Å². The summed E-state index contributed by atoms with van der Waals surface area (Å²) >= 11 is 0.901. The average Bonchev–Trinajstić information content (AvgIpc) is 3.31. The molecule has 3 aromatic rings. The summed E-state index contributed by atoms with van der Waals surface area (Å²) in [6.45, 7) is 4.06. The number of nitrogens with one attached hydrogen (secondary N) is 1. The molecule has 200 valence electrons. The molecule has 0 unspecified atom stereocenters. The monoisotopic (exact) mass is 558 g/mol. The number of thiazole rings is 1. The number of carboxylic acid groups (broad SMARTS) is 1. The molecule has 0 aliphatic heterocycles. The lowest BCUT2D eigenvalue weighted by Gasteiger charge is -2.24. The molecule has 1 heterocycles. The number of carbonyl (C=O) groups is 1. The Morgan fingerprint density at radius 2 is 1.81 bits per heavy atom. The second-order valence-electron chi connectivity index (χ2n) is 8.24. The number of benzene rings is 2. The first kappa shape index (κ1) is 28.2. The minimum atomic E-state index is -5.19. The van der Waals surface area contributed by atoms with Gasteiger partial charge in [-0.15, -0.1) is 15.6 Å². The van der Waals surface area contributed by atoms with Gasteiger partial charge < -0.3 is 15.2 Å². The van der Waals surface area contributed by atoms with Gasteiger partial charge >= 0.3 is 6.09 Å². The molecule has 0 spiro atoms. The molecule has 1 aromatic heterocycles. The van der Waals surface area contributed by atoms with Crippen LogP contribution in [0.4, 0.5) is 29.5 Å². The van der Waals surface area contributed by atoms with Crippen LogP contribution in [0.15, 0.2) is 40.1 Å². The number of amides is 1. The quantitative estimate of drug-likeness (QED) is 0.362. The van der Waals surface area contributed by atoms with Gasteiger partial charge in [0.2, 0.25) is 0 Å². The zero-order valence-corrected chi connectivity index (χ0v) is 22.0. The third-order valence-corrected chi connectivity index (χ3v) is 7.91. The molecular weight excluding hydrogens is 533 g/mol. The number of hydrogen-bond acceptors (Lipinski definition) is 8. The number of nitrogens with zero attached hydrogens (tertiary/aromatic N) is 3. The van der Waals surface area contributed by atoms with E-state index in [9.17, 15) is 31.5 Å². The van der Waals surface area contributed by atoms with Gasteiger partial charge in [0.25, 0.3) is 10.0 Å². The van der Waals surface area contributed by atoms with E-state index in [4.69, 9.17) is 4.74 Å². The highest BCUT2D eigenvalue weighted by molar-refractivity contribution is 7.93. The molecule has 1 amide bonds. The second-order valence-corrected chi connectivity index (χ2v) is 10.7. The first-order valence-electron chi connectivity index (χ1n) is 10.8. The summed E-state index contributed by atoms with van der Waals surface area (Å²) in [5.74, 6) is -3.73. The molecule has 0 saturated carbocycles. The number of sulfonamides is 1. The Morgan fingerprint density at radius 1 is 1.16 bits per heavy atom. The zero-order valence-electron chi connectivity index (χ0n) is 20.3. The van der Waals surface area contributed by atoms with E-state index < -0.39 is 44.3 Å². The molecular formula is C23H25F3N4O5S2. The Morgan fingerprint density at radius 3 is 2.32 bits per heavy atom. The van der Waals surface area contributed by atoms with E-state index in [1.165, 1.54) is 24.8 Å². The fourth-order valence-corrected chi connectivity index (χ4v) is 5.38. The number of ether oxygens (including phenoxy) is 1. The SMILES string of the molecule is COc1ccc(F)c(CNc2cc(F)c(S(=O)(=O)N(C(=O)O)c3cscn3)c(F)c2)c1CN(C)C(C)C. The first-order chi connectivity index (χ1) is 17.4. The third-order valence-electron chi connectivity index (χ3n) is 5.61. The van der Waals surface area contributed by atoms with Crippen molar-refractivity contribution in [3.63, 3.8) is 0 Å². The van der Waals surface area contributed by atoms with E-state index in [0.717, 1.165) is 16.7 Å². The van der Waals surface area contributed by atoms with E-state index >= 15 is 0 Å². The summed E-state index contributed by atoms with van der Waals surface area (Å²) in [6, 6.07) is 4.22. The maximum Gasteiger partial charge on any atom is 0.427 e. The fraction of sp³-hybridized carbons (Fsp3) is 0.304. The molecule has 2 aromatic carbocycles. The average molecular weight is 559 g/mol. The van der Waals surface area contributed by atoms with Crippen LogP contribution in [0.5, 0.6) is 5.75 Å². The van der Waals surface area contributed by atoms with Crippen molar-refractivity contribution in [2.24, 2.45) is 0 Å². The van der Waals surface area contributed by atoms with Gasteiger partial charge in [-0.2, -0.15) is 0 Å². The van der Waals surface area contributed by atoms with Gasteiger partial charge in [0.1, 0.15) is 23.2 Å². The lowest BCUT2D eigenvalue weighted by atomic mass is 10.0. The Bertz CT molecular complexity index is 1360. The number of methoxy groups -OCH3 is 1. The predicted molar refractivity (Wildman–Crippen MR) is 133 cm³/mol. The molecule has 0 radical (unpaired) electrons. The lowest BCUT2D eigenvalue weighted by Crippen LogP contribution is -2.37. The Kier molecular flexibility index (Phi) is 8.66. The van der Waals surface area contributed by atoms with Gasteiger partial charge in [-0.1, -0.05) is 0 Å². The van der Waals surface area contributed by atoms with Crippen LogP contribution >= 0.6 is 11.3 Å². The summed E-state index contributed by atoms with van der Waals surface area (Å²) < 4.78 is 75.6. The first-order valence-corrected chi connectivity index (χ1v) is 13.2. The topological polar surface area (TPSA) is 112 Å². The van der Waals surface area contributed by atoms with Crippen LogP contribution in [-0.4, -0.2) is 49.7 Å². The minimum Gasteiger partial charge on any atom is -0.496 e. The summed E-state index contributed by atoms with van der Waals surface area (Å²) in [6.07, 6.45) is -1.99. The van der Waals surface area contributed by atoms with Crippen molar-refractivity contribution in [3.8, 4) is 5.75 Å². The van der Waals surface area contributed by atoms with E-state index in [2.05, 4.69) is 10.3 Å². The minimum absolute atomic E-state index is 0.140. The number of anilines is 2. The number of hydrogen-bond donors (Lipinski definition) is 2. The normalized spacial score (nSPS) is 11.7. The third kappa shape index (κ3) is 5.97. The molecule has 0 aliphatic carbocycles. The molecule has 3 rings (SSSR count). The maximum atomic E-state index is 14.9. The van der Waals surface area contributed by atoms with Gasteiger partial charge in [0.15, 0.2) is 10.7 Å². The van der Waals surface area contributed by atoms with Crippen molar-refractivity contribution in [3.05, 3.63) is 63.7 Å². The van der Waals surface area contributed by atoms with Crippen LogP contribution in [0, 0.1) is 17.5 Å². The predicted octanol–water partition coefficient (Wildman–Crippen LogP) is 4.89. The Labute approximate surface area is 216 Å². The van der Waals surface area contributed by atoms with Gasteiger partial charge in [0, 0.05) is 41.3 Å². The largest absolute Gasteiger partial charge is 0.496 e. The van der Waals surface area contributed by atoms with E-state index in [1.54, 1.807) is 0 Å². The molecule has 0 aliphatic rings. The van der Waals surface area contributed by atoms with Crippen LogP contribution in [0.2, 0.25) is 0 Å². The van der Waals surface area contributed by atoms with Crippen molar-refractivity contribution < 1.29 is 36.2 Å². The van der Waals surface area contributed by atoms with Gasteiger partial charge in [-0.3, -0.25) is 4.90 Å². The Balaban J connectivity index is 1.95. The van der Waals surface area contributed by atoms with Crippen molar-refractivity contribution in [1.82, 2.24) is 9.88 Å². The molecule has 0 atom stereocenters. The summed E-state index contributed by atoms with van der Waals surface area (Å²) in [4.78, 5) is 15.7. The summed E-state index contributed by atoms with van der Waals surface area (Å²) in [5.41, 5.74) is 1.72. The molecule has 2 N–H and O–H groups in total. The highest BCUT2D eigenvalue weighted by Crippen LogP contribution is 2.31. The van der Waals surface area contributed by atoms with Crippen LogP contribution in [0.25, 0.3) is 0 Å².